The lowest BCUT2D eigenvalue weighted by molar-refractivity contribution is 0.180. The van der Waals surface area contributed by atoms with Gasteiger partial charge in [-0.2, -0.15) is 0 Å². The largest absolute Gasteiger partial charge is 0.381 e. The summed E-state index contributed by atoms with van der Waals surface area (Å²) < 4.78 is 10.6. The van der Waals surface area contributed by atoms with E-state index in [0.717, 1.165) is 56.4 Å². The molecule has 5 nitrogen and oxygen atoms in total. The highest BCUT2D eigenvalue weighted by Gasteiger charge is 2.18. The Bertz CT molecular complexity index is 392. The molecule has 1 aromatic rings. The Morgan fingerprint density at radius 1 is 1.47 bits per heavy atom. The Labute approximate surface area is 114 Å². The minimum atomic E-state index is 0.525. The van der Waals surface area contributed by atoms with Crippen molar-refractivity contribution < 1.29 is 9.47 Å². The van der Waals surface area contributed by atoms with Crippen LogP contribution in [0.5, 0.6) is 0 Å². The maximum atomic E-state index is 5.41. The SMILES string of the molecule is CCCNc1cc(COC)nc(CC2CCOC2)n1. The van der Waals surface area contributed by atoms with E-state index in [-0.39, 0.29) is 0 Å². The van der Waals surface area contributed by atoms with Gasteiger partial charge in [-0.1, -0.05) is 6.92 Å². The number of hydrogen-bond acceptors (Lipinski definition) is 5. The zero-order chi connectivity index (χ0) is 13.5. The molecule has 0 bridgehead atoms. The summed E-state index contributed by atoms with van der Waals surface area (Å²) in [6, 6.07) is 1.97. The van der Waals surface area contributed by atoms with Crippen molar-refractivity contribution >= 4 is 5.82 Å². The molecule has 1 aliphatic heterocycles. The Morgan fingerprint density at radius 3 is 3.05 bits per heavy atom. The summed E-state index contributed by atoms with van der Waals surface area (Å²) >= 11 is 0. The number of hydrogen-bond donors (Lipinski definition) is 1. The second-order valence-corrected chi connectivity index (χ2v) is 4.95. The number of rotatable bonds is 7. The molecular formula is C14H23N3O2. The smallest absolute Gasteiger partial charge is 0.131 e. The highest BCUT2D eigenvalue weighted by molar-refractivity contribution is 5.36. The van der Waals surface area contributed by atoms with E-state index in [1.807, 2.05) is 6.07 Å². The Hall–Kier alpha value is -1.20. The van der Waals surface area contributed by atoms with Gasteiger partial charge in [-0.05, 0) is 18.8 Å². The van der Waals surface area contributed by atoms with Gasteiger partial charge < -0.3 is 14.8 Å². The second-order valence-electron chi connectivity index (χ2n) is 4.95. The lowest BCUT2D eigenvalue weighted by Gasteiger charge is -2.11. The molecule has 106 valence electrons. The fourth-order valence-corrected chi connectivity index (χ4v) is 2.21. The molecule has 1 aromatic heterocycles. The summed E-state index contributed by atoms with van der Waals surface area (Å²) in [4.78, 5) is 9.15. The number of nitrogens with one attached hydrogen (secondary N) is 1. The summed E-state index contributed by atoms with van der Waals surface area (Å²) in [5.41, 5.74) is 0.935. The molecule has 2 rings (SSSR count). The first-order chi connectivity index (χ1) is 9.31. The van der Waals surface area contributed by atoms with Crippen molar-refractivity contribution in [1.29, 1.82) is 0 Å². The van der Waals surface area contributed by atoms with Crippen LogP contribution in [0.1, 0.15) is 31.3 Å². The normalized spacial score (nSPS) is 18.7. The molecule has 1 saturated heterocycles. The summed E-state index contributed by atoms with van der Waals surface area (Å²) in [5, 5.41) is 3.32. The van der Waals surface area contributed by atoms with Gasteiger partial charge in [-0.3, -0.25) is 0 Å². The first kappa shape index (κ1) is 14.2. The first-order valence-corrected chi connectivity index (χ1v) is 6.99. The predicted octanol–water partition coefficient (Wildman–Crippen LogP) is 2.02. The highest BCUT2D eigenvalue weighted by atomic mass is 16.5. The average molecular weight is 265 g/mol. The van der Waals surface area contributed by atoms with Crippen LogP contribution in [0.25, 0.3) is 0 Å². The van der Waals surface area contributed by atoms with Crippen molar-refractivity contribution in [2.24, 2.45) is 5.92 Å². The molecule has 1 fully saturated rings. The maximum Gasteiger partial charge on any atom is 0.131 e. The van der Waals surface area contributed by atoms with E-state index >= 15 is 0 Å². The fourth-order valence-electron chi connectivity index (χ4n) is 2.21. The van der Waals surface area contributed by atoms with Gasteiger partial charge in [0.1, 0.15) is 11.6 Å². The Morgan fingerprint density at radius 2 is 2.37 bits per heavy atom. The monoisotopic (exact) mass is 265 g/mol. The molecule has 2 heterocycles. The lowest BCUT2D eigenvalue weighted by atomic mass is 10.0. The van der Waals surface area contributed by atoms with E-state index in [0.29, 0.717) is 12.5 Å². The zero-order valence-electron chi connectivity index (χ0n) is 11.8. The number of nitrogens with zero attached hydrogens (tertiary/aromatic N) is 2. The second kappa shape index (κ2) is 7.40. The molecule has 0 saturated carbocycles. The fraction of sp³-hybridized carbons (Fsp3) is 0.714. The van der Waals surface area contributed by atoms with Crippen LogP contribution in [0.2, 0.25) is 0 Å². The topological polar surface area (TPSA) is 56.3 Å². The van der Waals surface area contributed by atoms with E-state index in [1.54, 1.807) is 7.11 Å². The maximum absolute atomic E-state index is 5.41. The quantitative estimate of drug-likeness (QED) is 0.817. The molecule has 1 unspecified atom stereocenters. The van der Waals surface area contributed by atoms with Crippen LogP contribution >= 0.6 is 0 Å². The molecule has 19 heavy (non-hydrogen) atoms. The third-order valence-corrected chi connectivity index (χ3v) is 3.17. The van der Waals surface area contributed by atoms with Crippen LogP contribution in [0, 0.1) is 5.92 Å². The molecule has 1 N–H and O–H groups in total. The molecule has 1 aliphatic rings. The van der Waals surface area contributed by atoms with Gasteiger partial charge in [0, 0.05) is 39.4 Å². The predicted molar refractivity (Wildman–Crippen MR) is 74.2 cm³/mol. The molecule has 0 aromatic carbocycles. The van der Waals surface area contributed by atoms with Gasteiger partial charge in [0.25, 0.3) is 0 Å². The van der Waals surface area contributed by atoms with Crippen LogP contribution in [-0.2, 0) is 22.5 Å². The first-order valence-electron chi connectivity index (χ1n) is 6.99. The van der Waals surface area contributed by atoms with Gasteiger partial charge in [0.15, 0.2) is 0 Å². The van der Waals surface area contributed by atoms with E-state index < -0.39 is 0 Å². The summed E-state index contributed by atoms with van der Waals surface area (Å²) in [6.07, 6.45) is 3.07. The van der Waals surface area contributed by atoms with E-state index in [1.165, 1.54) is 0 Å². The van der Waals surface area contributed by atoms with Crippen molar-refractivity contribution in [3.8, 4) is 0 Å². The third-order valence-electron chi connectivity index (χ3n) is 3.17. The van der Waals surface area contributed by atoms with Crippen molar-refractivity contribution in [2.75, 3.05) is 32.2 Å². The summed E-state index contributed by atoms with van der Waals surface area (Å²) in [5.74, 6) is 2.35. The average Bonchev–Trinajstić information content (AvgIpc) is 2.89. The van der Waals surface area contributed by atoms with Crippen molar-refractivity contribution in [2.45, 2.75) is 32.8 Å². The van der Waals surface area contributed by atoms with E-state index in [2.05, 4.69) is 22.2 Å². The van der Waals surface area contributed by atoms with Gasteiger partial charge in [-0.25, -0.2) is 9.97 Å². The van der Waals surface area contributed by atoms with Crippen LogP contribution in [0.3, 0.4) is 0 Å². The third kappa shape index (κ3) is 4.44. The molecule has 0 spiro atoms. The van der Waals surface area contributed by atoms with Gasteiger partial charge in [-0.15, -0.1) is 0 Å². The molecule has 0 amide bonds. The number of anilines is 1. The summed E-state index contributed by atoms with van der Waals surface area (Å²) in [7, 11) is 1.69. The van der Waals surface area contributed by atoms with Crippen molar-refractivity contribution in [3.63, 3.8) is 0 Å². The van der Waals surface area contributed by atoms with Gasteiger partial charge in [0.2, 0.25) is 0 Å². The van der Waals surface area contributed by atoms with Gasteiger partial charge >= 0.3 is 0 Å². The zero-order valence-corrected chi connectivity index (χ0v) is 11.8. The van der Waals surface area contributed by atoms with E-state index in [4.69, 9.17) is 9.47 Å². The van der Waals surface area contributed by atoms with Crippen LogP contribution < -0.4 is 5.32 Å². The highest BCUT2D eigenvalue weighted by Crippen LogP contribution is 2.18. The molecule has 0 aliphatic carbocycles. The van der Waals surface area contributed by atoms with E-state index in [9.17, 15) is 0 Å². The minimum Gasteiger partial charge on any atom is -0.381 e. The molecule has 5 heteroatoms. The Kier molecular flexibility index (Phi) is 5.54. The van der Waals surface area contributed by atoms with Crippen LogP contribution in [-0.4, -0.2) is 36.8 Å². The summed E-state index contributed by atoms with van der Waals surface area (Å²) in [6.45, 7) is 5.28. The Balaban J connectivity index is 2.07. The van der Waals surface area contributed by atoms with Gasteiger partial charge in [0.05, 0.1) is 12.3 Å². The van der Waals surface area contributed by atoms with Crippen molar-refractivity contribution in [1.82, 2.24) is 9.97 Å². The number of methoxy groups -OCH3 is 1. The minimum absolute atomic E-state index is 0.525. The lowest BCUT2D eigenvalue weighted by Crippen LogP contribution is -2.12. The number of ether oxygens (including phenoxy) is 2. The van der Waals surface area contributed by atoms with Crippen molar-refractivity contribution in [3.05, 3.63) is 17.6 Å². The standard InChI is InChI=1S/C14H23N3O2/c1-3-5-15-13-8-12(10-18-2)16-14(17-13)7-11-4-6-19-9-11/h8,11H,3-7,9-10H2,1-2H3,(H,15,16,17). The molecular weight excluding hydrogens is 242 g/mol. The molecule has 1 atom stereocenters. The van der Waals surface area contributed by atoms with Crippen LogP contribution in [0.15, 0.2) is 6.07 Å². The number of aromatic nitrogens is 2. The molecule has 0 radical (unpaired) electrons. The van der Waals surface area contributed by atoms with Crippen LogP contribution in [0.4, 0.5) is 5.82 Å².